The fraction of sp³-hybridized carbons (Fsp3) is 0.333. The number of amides is 1. The van der Waals surface area contributed by atoms with Gasteiger partial charge in [-0.25, -0.2) is 4.98 Å². The minimum Gasteiger partial charge on any atom is -0.494 e. The molecule has 1 aromatic heterocycles. The molecule has 0 saturated heterocycles. The van der Waals surface area contributed by atoms with Crippen molar-refractivity contribution in [1.82, 2.24) is 9.88 Å². The average Bonchev–Trinajstić information content (AvgIpc) is 3.03. The Labute approximate surface area is 158 Å². The fourth-order valence-corrected chi connectivity index (χ4v) is 3.61. The third kappa shape index (κ3) is 4.61. The van der Waals surface area contributed by atoms with Crippen LogP contribution in [0.3, 0.4) is 0 Å². The van der Waals surface area contributed by atoms with Gasteiger partial charge >= 0.3 is 0 Å². The van der Waals surface area contributed by atoms with Crippen LogP contribution in [-0.2, 0) is 6.54 Å². The Bertz CT molecular complexity index is 838. The van der Waals surface area contributed by atoms with Gasteiger partial charge in [0.25, 0.3) is 5.91 Å². The second kappa shape index (κ2) is 8.32. The van der Waals surface area contributed by atoms with Crippen LogP contribution in [0.5, 0.6) is 5.75 Å². The van der Waals surface area contributed by atoms with Crippen LogP contribution < -0.4 is 4.74 Å². The van der Waals surface area contributed by atoms with Gasteiger partial charge in [-0.15, -0.1) is 11.3 Å². The second-order valence-electron chi connectivity index (χ2n) is 6.79. The van der Waals surface area contributed by atoms with Crippen LogP contribution in [-0.4, -0.2) is 29.4 Å². The van der Waals surface area contributed by atoms with Gasteiger partial charge in [-0.2, -0.15) is 0 Å². The highest BCUT2D eigenvalue weighted by Crippen LogP contribution is 2.23. The van der Waals surface area contributed by atoms with Crippen molar-refractivity contribution in [2.24, 2.45) is 5.92 Å². The van der Waals surface area contributed by atoms with Gasteiger partial charge in [0, 0.05) is 12.6 Å². The predicted octanol–water partition coefficient (Wildman–Crippen LogP) is 4.99. The number of ether oxygens (including phenoxy) is 1. The molecule has 0 aliphatic rings. The number of thiazole rings is 1. The molecule has 0 fully saturated rings. The van der Waals surface area contributed by atoms with Crippen molar-refractivity contribution in [1.29, 1.82) is 0 Å². The molecule has 136 valence electrons. The minimum atomic E-state index is -0.0158. The molecule has 4 nitrogen and oxygen atoms in total. The molecule has 5 heteroatoms. The van der Waals surface area contributed by atoms with E-state index in [0.717, 1.165) is 27.4 Å². The first-order valence-corrected chi connectivity index (χ1v) is 9.67. The molecule has 26 heavy (non-hydrogen) atoms. The maximum Gasteiger partial charge on any atom is 0.253 e. The Morgan fingerprint density at radius 1 is 1.15 bits per heavy atom. The Morgan fingerprint density at radius 3 is 2.58 bits per heavy atom. The Hall–Kier alpha value is -2.40. The van der Waals surface area contributed by atoms with Crippen LogP contribution in [0.15, 0.2) is 48.5 Å². The lowest BCUT2D eigenvalue weighted by atomic mass is 10.1. The summed E-state index contributed by atoms with van der Waals surface area (Å²) in [5, 5.41) is 0.940. The number of para-hydroxylation sites is 1. The molecule has 0 atom stereocenters. The SMILES string of the molecule is CC(C)CCOc1ccc(C(=O)N(C)Cc2nc3ccccc3s2)cc1. The monoisotopic (exact) mass is 368 g/mol. The first-order chi connectivity index (χ1) is 12.5. The number of rotatable bonds is 7. The van der Waals surface area contributed by atoms with E-state index in [1.165, 1.54) is 0 Å². The zero-order valence-electron chi connectivity index (χ0n) is 15.4. The molecule has 0 saturated carbocycles. The predicted molar refractivity (Wildman–Crippen MR) is 107 cm³/mol. The van der Waals surface area contributed by atoms with Gasteiger partial charge in [0.15, 0.2) is 0 Å². The van der Waals surface area contributed by atoms with Crippen LogP contribution in [0.25, 0.3) is 10.2 Å². The Kier molecular flexibility index (Phi) is 5.89. The summed E-state index contributed by atoms with van der Waals surface area (Å²) in [6.07, 6.45) is 1.02. The molecule has 0 aliphatic carbocycles. The molecular formula is C21H24N2O2S. The molecule has 0 radical (unpaired) electrons. The summed E-state index contributed by atoms with van der Waals surface area (Å²) in [5.74, 6) is 1.40. The Morgan fingerprint density at radius 2 is 1.88 bits per heavy atom. The lowest BCUT2D eigenvalue weighted by Gasteiger charge is -2.16. The van der Waals surface area contributed by atoms with Gasteiger partial charge < -0.3 is 9.64 Å². The summed E-state index contributed by atoms with van der Waals surface area (Å²) < 4.78 is 6.85. The highest BCUT2D eigenvalue weighted by atomic mass is 32.1. The van der Waals surface area contributed by atoms with E-state index in [1.807, 2.05) is 42.5 Å². The molecule has 0 bridgehead atoms. The molecule has 0 spiro atoms. The van der Waals surface area contributed by atoms with Crippen molar-refractivity contribution >= 4 is 27.5 Å². The van der Waals surface area contributed by atoms with Gasteiger partial charge in [-0.05, 0) is 48.7 Å². The fourth-order valence-electron chi connectivity index (χ4n) is 2.59. The van der Waals surface area contributed by atoms with E-state index in [2.05, 4.69) is 24.9 Å². The lowest BCUT2D eigenvalue weighted by Crippen LogP contribution is -2.26. The second-order valence-corrected chi connectivity index (χ2v) is 7.91. The number of benzene rings is 2. The molecule has 3 rings (SSSR count). The number of carbonyl (C=O) groups excluding carboxylic acids is 1. The van der Waals surface area contributed by atoms with Crippen molar-refractivity contribution in [2.75, 3.05) is 13.7 Å². The van der Waals surface area contributed by atoms with Crippen LogP contribution in [0.2, 0.25) is 0 Å². The highest BCUT2D eigenvalue weighted by Gasteiger charge is 2.14. The molecule has 3 aromatic rings. The number of carbonyl (C=O) groups is 1. The van der Waals surface area contributed by atoms with E-state index in [-0.39, 0.29) is 5.91 Å². The first-order valence-electron chi connectivity index (χ1n) is 8.85. The van der Waals surface area contributed by atoms with Crippen molar-refractivity contribution < 1.29 is 9.53 Å². The van der Waals surface area contributed by atoms with Gasteiger partial charge in [-0.3, -0.25) is 4.79 Å². The summed E-state index contributed by atoms with van der Waals surface area (Å²) in [7, 11) is 1.81. The van der Waals surface area contributed by atoms with Crippen LogP contribution in [0.4, 0.5) is 0 Å². The minimum absolute atomic E-state index is 0.0158. The number of fused-ring (bicyclic) bond motifs is 1. The topological polar surface area (TPSA) is 42.4 Å². The van der Waals surface area contributed by atoms with Gasteiger partial charge in [0.2, 0.25) is 0 Å². The standard InChI is InChI=1S/C21H24N2O2S/c1-15(2)12-13-25-17-10-8-16(9-11-17)21(24)23(3)14-20-22-18-6-4-5-7-19(18)26-20/h4-11,15H,12-14H2,1-3H3. The third-order valence-electron chi connectivity index (χ3n) is 4.12. The van der Waals surface area contributed by atoms with E-state index in [0.29, 0.717) is 24.6 Å². The summed E-state index contributed by atoms with van der Waals surface area (Å²) in [4.78, 5) is 18.9. The number of hydrogen-bond acceptors (Lipinski definition) is 4. The smallest absolute Gasteiger partial charge is 0.253 e. The summed E-state index contributed by atoms with van der Waals surface area (Å²) in [6, 6.07) is 15.4. The summed E-state index contributed by atoms with van der Waals surface area (Å²) in [5.41, 5.74) is 1.64. The van der Waals surface area contributed by atoms with Crippen molar-refractivity contribution in [3.05, 3.63) is 59.1 Å². The molecule has 1 amide bonds. The Balaban J connectivity index is 1.60. The quantitative estimate of drug-likeness (QED) is 0.590. The third-order valence-corrected chi connectivity index (χ3v) is 5.14. The molecule has 0 aliphatic heterocycles. The van der Waals surface area contributed by atoms with Gasteiger partial charge in [-0.1, -0.05) is 26.0 Å². The number of hydrogen-bond donors (Lipinski definition) is 0. The lowest BCUT2D eigenvalue weighted by molar-refractivity contribution is 0.0785. The zero-order valence-corrected chi connectivity index (χ0v) is 16.3. The summed E-state index contributed by atoms with van der Waals surface area (Å²) in [6.45, 7) is 5.55. The van der Waals surface area contributed by atoms with E-state index in [9.17, 15) is 4.79 Å². The van der Waals surface area contributed by atoms with Crippen LogP contribution >= 0.6 is 11.3 Å². The van der Waals surface area contributed by atoms with Gasteiger partial charge in [0.1, 0.15) is 10.8 Å². The maximum atomic E-state index is 12.6. The van der Waals surface area contributed by atoms with Crippen molar-refractivity contribution in [3.63, 3.8) is 0 Å². The molecule has 0 unspecified atom stereocenters. The van der Waals surface area contributed by atoms with Crippen molar-refractivity contribution in [3.8, 4) is 5.75 Å². The highest BCUT2D eigenvalue weighted by molar-refractivity contribution is 7.18. The zero-order chi connectivity index (χ0) is 18.5. The van der Waals surface area contributed by atoms with E-state index in [1.54, 1.807) is 23.3 Å². The van der Waals surface area contributed by atoms with E-state index in [4.69, 9.17) is 4.74 Å². The average molecular weight is 369 g/mol. The summed E-state index contributed by atoms with van der Waals surface area (Å²) >= 11 is 1.63. The number of nitrogens with zero attached hydrogens (tertiary/aromatic N) is 2. The first kappa shape index (κ1) is 18.4. The normalized spacial score (nSPS) is 11.1. The molecule has 0 N–H and O–H groups in total. The number of aromatic nitrogens is 1. The van der Waals surface area contributed by atoms with E-state index < -0.39 is 0 Å². The van der Waals surface area contributed by atoms with Crippen LogP contribution in [0, 0.1) is 5.92 Å². The molecule has 1 heterocycles. The maximum absolute atomic E-state index is 12.6. The molecule has 2 aromatic carbocycles. The van der Waals surface area contributed by atoms with Crippen molar-refractivity contribution in [2.45, 2.75) is 26.8 Å². The molecular weight excluding hydrogens is 344 g/mol. The van der Waals surface area contributed by atoms with E-state index >= 15 is 0 Å². The largest absolute Gasteiger partial charge is 0.494 e. The van der Waals surface area contributed by atoms with Crippen LogP contribution in [0.1, 0.15) is 35.6 Å². The van der Waals surface area contributed by atoms with Gasteiger partial charge in [0.05, 0.1) is 23.4 Å².